The molecule has 3 rings (SSSR count). The lowest BCUT2D eigenvalue weighted by Crippen LogP contribution is -2.10. The monoisotopic (exact) mass is 320 g/mol. The number of fused-ring (bicyclic) bond motifs is 1. The SMILES string of the molecule is CCc1cc(Oc2nc(NN)nc3sccc23)ccc1Cl. The number of aromatic nitrogens is 2. The third-order valence-corrected chi connectivity index (χ3v) is 4.21. The Balaban J connectivity index is 2.03. The summed E-state index contributed by atoms with van der Waals surface area (Å²) >= 11 is 7.62. The van der Waals surface area contributed by atoms with Crippen molar-refractivity contribution < 1.29 is 4.74 Å². The molecule has 0 spiro atoms. The molecular weight excluding hydrogens is 308 g/mol. The van der Waals surface area contributed by atoms with E-state index in [1.807, 2.05) is 36.6 Å². The van der Waals surface area contributed by atoms with E-state index in [1.54, 1.807) is 0 Å². The number of hydrazine groups is 1. The van der Waals surface area contributed by atoms with Gasteiger partial charge >= 0.3 is 0 Å². The first-order valence-electron chi connectivity index (χ1n) is 6.39. The Labute approximate surface area is 130 Å². The number of hydrogen-bond donors (Lipinski definition) is 2. The van der Waals surface area contributed by atoms with Crippen molar-refractivity contribution in [1.82, 2.24) is 9.97 Å². The number of halogens is 1. The predicted molar refractivity (Wildman–Crippen MR) is 86.1 cm³/mol. The van der Waals surface area contributed by atoms with Crippen molar-refractivity contribution in [2.45, 2.75) is 13.3 Å². The summed E-state index contributed by atoms with van der Waals surface area (Å²) in [5.74, 6) is 6.87. The van der Waals surface area contributed by atoms with Crippen molar-refractivity contribution in [2.75, 3.05) is 5.43 Å². The Kier molecular flexibility index (Phi) is 3.92. The van der Waals surface area contributed by atoms with Crippen LogP contribution in [0.5, 0.6) is 11.6 Å². The summed E-state index contributed by atoms with van der Waals surface area (Å²) in [6.07, 6.45) is 0.837. The second-order valence-electron chi connectivity index (χ2n) is 4.34. The highest BCUT2D eigenvalue weighted by Gasteiger charge is 2.11. The molecule has 3 aromatic rings. The Morgan fingerprint density at radius 2 is 2.19 bits per heavy atom. The first kappa shape index (κ1) is 14.1. The van der Waals surface area contributed by atoms with E-state index in [0.29, 0.717) is 17.6 Å². The summed E-state index contributed by atoms with van der Waals surface area (Å²) in [5, 5.41) is 3.52. The van der Waals surface area contributed by atoms with Gasteiger partial charge in [0.15, 0.2) is 0 Å². The minimum Gasteiger partial charge on any atom is -0.438 e. The Bertz CT molecular complexity index is 790. The van der Waals surface area contributed by atoms with Crippen LogP contribution in [0.15, 0.2) is 29.6 Å². The number of nitrogens with zero attached hydrogens (tertiary/aromatic N) is 2. The number of nitrogens with one attached hydrogen (secondary N) is 1. The zero-order chi connectivity index (χ0) is 14.8. The fourth-order valence-corrected chi connectivity index (χ4v) is 2.97. The molecule has 0 saturated heterocycles. The zero-order valence-corrected chi connectivity index (χ0v) is 12.8. The van der Waals surface area contributed by atoms with Gasteiger partial charge in [0, 0.05) is 5.02 Å². The van der Waals surface area contributed by atoms with Gasteiger partial charge in [0.25, 0.3) is 0 Å². The topological polar surface area (TPSA) is 73.1 Å². The second kappa shape index (κ2) is 5.85. The molecule has 0 amide bonds. The van der Waals surface area contributed by atoms with Gasteiger partial charge < -0.3 is 4.74 Å². The van der Waals surface area contributed by atoms with E-state index in [-0.39, 0.29) is 0 Å². The van der Waals surface area contributed by atoms with E-state index in [4.69, 9.17) is 22.2 Å². The normalized spacial score (nSPS) is 10.8. The zero-order valence-electron chi connectivity index (χ0n) is 11.3. The lowest BCUT2D eigenvalue weighted by Gasteiger charge is -2.09. The molecule has 0 unspecified atom stereocenters. The number of nitrogen functional groups attached to an aromatic ring is 1. The highest BCUT2D eigenvalue weighted by atomic mass is 35.5. The van der Waals surface area contributed by atoms with Gasteiger partial charge in [0.2, 0.25) is 11.8 Å². The summed E-state index contributed by atoms with van der Waals surface area (Å²) < 4.78 is 5.89. The van der Waals surface area contributed by atoms with Gasteiger partial charge in [-0.1, -0.05) is 18.5 Å². The van der Waals surface area contributed by atoms with E-state index >= 15 is 0 Å². The summed E-state index contributed by atoms with van der Waals surface area (Å²) in [5.41, 5.74) is 3.48. The average molecular weight is 321 g/mol. The highest BCUT2D eigenvalue weighted by molar-refractivity contribution is 7.16. The maximum Gasteiger partial charge on any atom is 0.241 e. The molecule has 0 bridgehead atoms. The number of aryl methyl sites for hydroxylation is 1. The lowest BCUT2D eigenvalue weighted by molar-refractivity contribution is 0.468. The van der Waals surface area contributed by atoms with Gasteiger partial charge in [-0.2, -0.15) is 4.98 Å². The molecule has 2 aromatic heterocycles. The molecule has 5 nitrogen and oxygen atoms in total. The Morgan fingerprint density at radius 1 is 1.33 bits per heavy atom. The van der Waals surface area contributed by atoms with Crippen LogP contribution in [0.25, 0.3) is 10.2 Å². The minimum atomic E-state index is 0.324. The number of hydrogen-bond acceptors (Lipinski definition) is 6. The second-order valence-corrected chi connectivity index (χ2v) is 5.65. The average Bonchev–Trinajstić information content (AvgIpc) is 2.97. The van der Waals surface area contributed by atoms with Crippen molar-refractivity contribution in [3.8, 4) is 11.6 Å². The first-order valence-corrected chi connectivity index (χ1v) is 7.65. The van der Waals surface area contributed by atoms with Crippen molar-refractivity contribution in [2.24, 2.45) is 5.84 Å². The van der Waals surface area contributed by atoms with Gasteiger partial charge in [-0.3, -0.25) is 5.43 Å². The van der Waals surface area contributed by atoms with Crippen molar-refractivity contribution in [3.05, 3.63) is 40.2 Å². The predicted octanol–water partition coefficient (Wildman–Crippen LogP) is 3.99. The smallest absolute Gasteiger partial charge is 0.241 e. The van der Waals surface area contributed by atoms with E-state index in [1.165, 1.54) is 11.3 Å². The molecule has 0 radical (unpaired) electrons. The number of anilines is 1. The Hall–Kier alpha value is -1.89. The molecule has 0 aliphatic rings. The minimum absolute atomic E-state index is 0.324. The molecule has 3 N–H and O–H groups in total. The van der Waals surface area contributed by atoms with Crippen LogP contribution < -0.4 is 16.0 Å². The molecule has 2 heterocycles. The maximum absolute atomic E-state index is 6.12. The van der Waals surface area contributed by atoms with Crippen LogP contribution in [0.2, 0.25) is 5.02 Å². The molecule has 1 aromatic carbocycles. The van der Waals surface area contributed by atoms with Gasteiger partial charge in [0.1, 0.15) is 10.6 Å². The van der Waals surface area contributed by atoms with Crippen LogP contribution >= 0.6 is 22.9 Å². The van der Waals surface area contributed by atoms with Gasteiger partial charge in [-0.25, -0.2) is 10.8 Å². The fraction of sp³-hybridized carbons (Fsp3) is 0.143. The standard InChI is InChI=1S/C14H13ClN4OS/c1-2-8-7-9(3-4-11(8)15)20-12-10-5-6-21-13(10)18-14(17-12)19-16/h3-7H,2,16H2,1H3,(H,17,18,19). The molecule has 21 heavy (non-hydrogen) atoms. The maximum atomic E-state index is 6.12. The van der Waals surface area contributed by atoms with Crippen LogP contribution in [-0.2, 0) is 6.42 Å². The number of rotatable bonds is 4. The van der Waals surface area contributed by atoms with Crippen LogP contribution in [-0.4, -0.2) is 9.97 Å². The van der Waals surface area contributed by atoms with Gasteiger partial charge in [0.05, 0.1) is 5.39 Å². The van der Waals surface area contributed by atoms with Crippen LogP contribution in [0.1, 0.15) is 12.5 Å². The molecule has 0 atom stereocenters. The molecule has 0 fully saturated rings. The molecule has 0 aliphatic carbocycles. The number of benzene rings is 1. The van der Waals surface area contributed by atoms with Crippen LogP contribution in [0.4, 0.5) is 5.95 Å². The molecule has 7 heteroatoms. The first-order chi connectivity index (χ1) is 10.2. The highest BCUT2D eigenvalue weighted by Crippen LogP contribution is 2.32. The van der Waals surface area contributed by atoms with E-state index < -0.39 is 0 Å². The quantitative estimate of drug-likeness (QED) is 0.562. The number of ether oxygens (including phenoxy) is 1. The largest absolute Gasteiger partial charge is 0.438 e. The molecule has 0 saturated carbocycles. The van der Waals surface area contributed by atoms with E-state index in [0.717, 1.165) is 27.2 Å². The summed E-state index contributed by atoms with van der Waals surface area (Å²) in [6.45, 7) is 2.04. The van der Waals surface area contributed by atoms with Crippen molar-refractivity contribution in [3.63, 3.8) is 0 Å². The van der Waals surface area contributed by atoms with E-state index in [2.05, 4.69) is 15.4 Å². The van der Waals surface area contributed by atoms with Crippen molar-refractivity contribution in [1.29, 1.82) is 0 Å². The summed E-state index contributed by atoms with van der Waals surface area (Å²) in [6, 6.07) is 7.48. The summed E-state index contributed by atoms with van der Waals surface area (Å²) in [4.78, 5) is 9.36. The van der Waals surface area contributed by atoms with Crippen LogP contribution in [0, 0.1) is 0 Å². The molecular formula is C14H13ClN4OS. The molecule has 0 aliphatic heterocycles. The third-order valence-electron chi connectivity index (χ3n) is 3.03. The number of nitrogens with two attached hydrogens (primary N) is 1. The fourth-order valence-electron chi connectivity index (χ4n) is 1.97. The van der Waals surface area contributed by atoms with Gasteiger partial charge in [-0.05, 0) is 41.6 Å². The number of thiophene rings is 1. The van der Waals surface area contributed by atoms with Crippen molar-refractivity contribution >= 4 is 39.1 Å². The van der Waals surface area contributed by atoms with E-state index in [9.17, 15) is 0 Å². The third kappa shape index (κ3) is 2.78. The molecule has 108 valence electrons. The Morgan fingerprint density at radius 3 is 2.95 bits per heavy atom. The summed E-state index contributed by atoms with van der Waals surface area (Å²) in [7, 11) is 0. The van der Waals surface area contributed by atoms with Crippen LogP contribution in [0.3, 0.4) is 0 Å². The van der Waals surface area contributed by atoms with Gasteiger partial charge in [-0.15, -0.1) is 11.3 Å². The lowest BCUT2D eigenvalue weighted by atomic mass is 10.1.